The molecule has 0 amide bonds. The number of nitrogens with zero attached hydrogens (tertiary/aromatic N) is 3. The van der Waals surface area contributed by atoms with Gasteiger partial charge in [0.15, 0.2) is 0 Å². The summed E-state index contributed by atoms with van der Waals surface area (Å²) in [6, 6.07) is 5.01. The Bertz CT molecular complexity index is 632. The molecule has 7 heteroatoms. The molecule has 0 aliphatic heterocycles. The lowest BCUT2D eigenvalue weighted by molar-refractivity contribution is -0.137. The number of alkyl halides is 3. The lowest BCUT2D eigenvalue weighted by Gasteiger charge is -2.12. The van der Waals surface area contributed by atoms with Crippen LogP contribution in [0.5, 0.6) is 0 Å². The third kappa shape index (κ3) is 3.23. The van der Waals surface area contributed by atoms with Gasteiger partial charge in [-0.05, 0) is 18.2 Å². The SMILES string of the molecule is N#Cc1ccc(NCc2cnccn2)cc1C(F)(F)F. The fourth-order valence-electron chi connectivity index (χ4n) is 1.60. The van der Waals surface area contributed by atoms with Gasteiger partial charge in [-0.2, -0.15) is 18.4 Å². The third-order valence-electron chi connectivity index (χ3n) is 2.54. The fraction of sp³-hybridized carbons (Fsp3) is 0.154. The maximum Gasteiger partial charge on any atom is 0.417 e. The Morgan fingerprint density at radius 3 is 2.65 bits per heavy atom. The first-order valence-electron chi connectivity index (χ1n) is 5.61. The van der Waals surface area contributed by atoms with Gasteiger partial charge in [0.1, 0.15) is 0 Å². The van der Waals surface area contributed by atoms with E-state index in [0.29, 0.717) is 5.69 Å². The molecule has 2 aromatic rings. The molecule has 102 valence electrons. The van der Waals surface area contributed by atoms with Crippen molar-refractivity contribution in [2.75, 3.05) is 5.32 Å². The summed E-state index contributed by atoms with van der Waals surface area (Å²) in [4.78, 5) is 7.85. The van der Waals surface area contributed by atoms with E-state index in [4.69, 9.17) is 5.26 Å². The molecule has 0 bridgehead atoms. The molecule has 0 aliphatic rings. The van der Waals surface area contributed by atoms with Crippen molar-refractivity contribution in [2.24, 2.45) is 0 Å². The summed E-state index contributed by atoms with van der Waals surface area (Å²) in [6.07, 6.45) is -0.0411. The molecule has 0 atom stereocenters. The summed E-state index contributed by atoms with van der Waals surface area (Å²) < 4.78 is 38.3. The molecule has 20 heavy (non-hydrogen) atoms. The van der Waals surface area contributed by atoms with Crippen molar-refractivity contribution in [3.63, 3.8) is 0 Å². The van der Waals surface area contributed by atoms with Crippen LogP contribution in [0.4, 0.5) is 18.9 Å². The van der Waals surface area contributed by atoms with Gasteiger partial charge in [-0.25, -0.2) is 0 Å². The zero-order chi connectivity index (χ0) is 14.6. The van der Waals surface area contributed by atoms with Crippen LogP contribution < -0.4 is 5.32 Å². The fourth-order valence-corrected chi connectivity index (χ4v) is 1.60. The van der Waals surface area contributed by atoms with Crippen molar-refractivity contribution in [3.8, 4) is 6.07 Å². The van der Waals surface area contributed by atoms with Gasteiger partial charge >= 0.3 is 6.18 Å². The number of nitriles is 1. The van der Waals surface area contributed by atoms with Crippen LogP contribution in [0.25, 0.3) is 0 Å². The Morgan fingerprint density at radius 2 is 2.05 bits per heavy atom. The zero-order valence-corrected chi connectivity index (χ0v) is 10.1. The number of rotatable bonds is 3. The topological polar surface area (TPSA) is 61.6 Å². The molecule has 0 saturated heterocycles. The van der Waals surface area contributed by atoms with Crippen LogP contribution in [0.3, 0.4) is 0 Å². The van der Waals surface area contributed by atoms with Crippen LogP contribution in [-0.4, -0.2) is 9.97 Å². The van der Waals surface area contributed by atoms with Crippen molar-refractivity contribution in [1.82, 2.24) is 9.97 Å². The second kappa shape index (κ2) is 5.57. The predicted octanol–water partition coefficient (Wildman–Crippen LogP) is 2.98. The molecule has 0 aliphatic carbocycles. The maximum atomic E-state index is 12.8. The highest BCUT2D eigenvalue weighted by molar-refractivity contribution is 5.53. The standard InChI is InChI=1S/C13H9F3N4/c14-13(15,16)12-5-10(2-1-9(12)6-17)20-8-11-7-18-3-4-19-11/h1-5,7,20H,8H2. The zero-order valence-electron chi connectivity index (χ0n) is 10.1. The Labute approximate surface area is 112 Å². The Balaban J connectivity index is 2.20. The van der Waals surface area contributed by atoms with Gasteiger partial charge in [0.25, 0.3) is 0 Å². The van der Waals surface area contributed by atoms with E-state index in [1.165, 1.54) is 30.7 Å². The molecule has 0 fully saturated rings. The largest absolute Gasteiger partial charge is 0.417 e. The molecule has 1 aromatic heterocycles. The average Bonchev–Trinajstić information content (AvgIpc) is 2.45. The second-order valence-electron chi connectivity index (χ2n) is 3.92. The lowest BCUT2D eigenvalue weighted by atomic mass is 10.1. The first-order valence-corrected chi connectivity index (χ1v) is 5.61. The molecular formula is C13H9F3N4. The van der Waals surface area contributed by atoms with E-state index in [1.807, 2.05) is 0 Å². The average molecular weight is 278 g/mol. The van der Waals surface area contributed by atoms with E-state index in [0.717, 1.165) is 12.1 Å². The molecule has 2 rings (SSSR count). The van der Waals surface area contributed by atoms with Gasteiger partial charge in [-0.3, -0.25) is 9.97 Å². The smallest absolute Gasteiger partial charge is 0.379 e. The van der Waals surface area contributed by atoms with E-state index in [1.54, 1.807) is 0 Å². The predicted molar refractivity (Wildman–Crippen MR) is 65.5 cm³/mol. The van der Waals surface area contributed by atoms with Gasteiger partial charge in [-0.15, -0.1) is 0 Å². The van der Waals surface area contributed by atoms with Crippen LogP contribution in [0.2, 0.25) is 0 Å². The molecule has 1 aromatic carbocycles. The molecule has 1 N–H and O–H groups in total. The summed E-state index contributed by atoms with van der Waals surface area (Å²) in [5, 5.41) is 11.5. The van der Waals surface area contributed by atoms with Crippen molar-refractivity contribution in [2.45, 2.75) is 12.7 Å². The Hall–Kier alpha value is -2.62. The van der Waals surface area contributed by atoms with Crippen molar-refractivity contribution < 1.29 is 13.2 Å². The number of anilines is 1. The molecule has 0 radical (unpaired) electrons. The highest BCUT2D eigenvalue weighted by Gasteiger charge is 2.33. The van der Waals surface area contributed by atoms with Gasteiger partial charge in [0.2, 0.25) is 0 Å². The van der Waals surface area contributed by atoms with Crippen LogP contribution in [0, 0.1) is 11.3 Å². The molecule has 0 saturated carbocycles. The van der Waals surface area contributed by atoms with Crippen LogP contribution in [0.15, 0.2) is 36.8 Å². The highest BCUT2D eigenvalue weighted by atomic mass is 19.4. The molecule has 0 unspecified atom stereocenters. The number of hydrogen-bond acceptors (Lipinski definition) is 4. The van der Waals surface area contributed by atoms with Gasteiger partial charge in [0, 0.05) is 18.1 Å². The molecule has 1 heterocycles. The van der Waals surface area contributed by atoms with Gasteiger partial charge in [-0.1, -0.05) is 0 Å². The van der Waals surface area contributed by atoms with Crippen molar-refractivity contribution in [1.29, 1.82) is 5.26 Å². The van der Waals surface area contributed by atoms with Gasteiger partial charge < -0.3 is 5.32 Å². The Morgan fingerprint density at radius 1 is 1.25 bits per heavy atom. The van der Waals surface area contributed by atoms with Crippen LogP contribution >= 0.6 is 0 Å². The van der Waals surface area contributed by atoms with Crippen LogP contribution in [-0.2, 0) is 12.7 Å². The first-order chi connectivity index (χ1) is 9.50. The maximum absolute atomic E-state index is 12.8. The number of aromatic nitrogens is 2. The van der Waals surface area contributed by atoms with Crippen LogP contribution in [0.1, 0.15) is 16.8 Å². The molecule has 0 spiro atoms. The highest BCUT2D eigenvalue weighted by Crippen LogP contribution is 2.33. The number of benzene rings is 1. The summed E-state index contributed by atoms with van der Waals surface area (Å²) in [5.74, 6) is 0. The summed E-state index contributed by atoms with van der Waals surface area (Å²) >= 11 is 0. The number of halogens is 3. The minimum Gasteiger partial charge on any atom is -0.379 e. The number of nitrogens with one attached hydrogen (secondary N) is 1. The first kappa shape index (κ1) is 13.8. The third-order valence-corrected chi connectivity index (χ3v) is 2.54. The van der Waals surface area contributed by atoms with E-state index in [-0.39, 0.29) is 12.2 Å². The summed E-state index contributed by atoms with van der Waals surface area (Å²) in [7, 11) is 0. The quantitative estimate of drug-likeness (QED) is 0.937. The normalized spacial score (nSPS) is 10.9. The van der Waals surface area contributed by atoms with E-state index in [9.17, 15) is 13.2 Å². The second-order valence-corrected chi connectivity index (χ2v) is 3.92. The van der Waals surface area contributed by atoms with Gasteiger partial charge in [0.05, 0.1) is 35.6 Å². The lowest BCUT2D eigenvalue weighted by Crippen LogP contribution is -2.09. The minimum absolute atomic E-state index is 0.247. The van der Waals surface area contributed by atoms with Crippen molar-refractivity contribution >= 4 is 5.69 Å². The Kier molecular flexibility index (Phi) is 3.84. The van der Waals surface area contributed by atoms with E-state index < -0.39 is 17.3 Å². The monoisotopic (exact) mass is 278 g/mol. The summed E-state index contributed by atoms with van der Waals surface area (Å²) in [6.45, 7) is 0.247. The minimum atomic E-state index is -4.56. The number of hydrogen-bond donors (Lipinski definition) is 1. The van der Waals surface area contributed by atoms with Crippen molar-refractivity contribution in [3.05, 3.63) is 53.6 Å². The van der Waals surface area contributed by atoms with E-state index >= 15 is 0 Å². The van der Waals surface area contributed by atoms with E-state index in [2.05, 4.69) is 15.3 Å². The molecule has 4 nitrogen and oxygen atoms in total. The summed E-state index contributed by atoms with van der Waals surface area (Å²) in [5.41, 5.74) is -0.487. The molecular weight excluding hydrogens is 269 g/mol.